The van der Waals surface area contributed by atoms with Gasteiger partial charge in [0.1, 0.15) is 19.3 Å². The summed E-state index contributed by atoms with van der Waals surface area (Å²) in [6, 6.07) is 33.3. The molecule has 2 aliphatic heterocycles. The maximum atomic E-state index is 12.7. The molecule has 2 atom stereocenters. The average Bonchev–Trinajstić information content (AvgIpc) is 4.13. The quantitative estimate of drug-likeness (QED) is 0.124. The van der Waals surface area contributed by atoms with E-state index >= 15 is 0 Å². The van der Waals surface area contributed by atoms with E-state index in [4.69, 9.17) is 13.9 Å². The number of H-pyrrole nitrogens is 2. The van der Waals surface area contributed by atoms with Gasteiger partial charge in [-0.2, -0.15) is 0 Å². The van der Waals surface area contributed by atoms with Gasteiger partial charge in [0.05, 0.1) is 12.6 Å². The molecule has 14 nitrogen and oxygen atoms in total. The van der Waals surface area contributed by atoms with Crippen molar-refractivity contribution in [3.63, 3.8) is 0 Å². The molecule has 3 aromatic heterocycles. The van der Waals surface area contributed by atoms with Gasteiger partial charge in [-0.1, -0.05) is 60.7 Å². The first kappa shape index (κ1) is 38.6. The van der Waals surface area contributed by atoms with Crippen molar-refractivity contribution in [3.8, 4) is 11.5 Å². The third-order valence-electron chi connectivity index (χ3n) is 10.5. The van der Waals surface area contributed by atoms with Crippen LogP contribution in [0.5, 0.6) is 0 Å². The molecular formula is C45H43N7O7. The number of ketones is 1. The molecule has 0 bridgehead atoms. The van der Waals surface area contributed by atoms with Crippen LogP contribution in [0.4, 0.5) is 9.59 Å². The van der Waals surface area contributed by atoms with E-state index in [-0.39, 0.29) is 43.6 Å². The summed E-state index contributed by atoms with van der Waals surface area (Å²) in [7, 11) is 0. The molecule has 3 N–H and O–H groups in total. The molecule has 4 aromatic carbocycles. The number of ether oxygens (including phenoxy) is 2. The number of aromatic nitrogens is 4. The Hall–Kier alpha value is -7.22. The Bertz CT molecular complexity index is 2550. The molecule has 0 aliphatic carbocycles. The van der Waals surface area contributed by atoms with Crippen LogP contribution in [0, 0.1) is 0 Å². The molecule has 5 heterocycles. The molecular weight excluding hydrogens is 751 g/mol. The molecule has 59 heavy (non-hydrogen) atoms. The molecule has 2 aliphatic rings. The first-order chi connectivity index (χ1) is 28.9. The molecule has 0 unspecified atom stereocenters. The SMILES string of the molecule is O=C(NCC(=O)[C@@H]1CCCN1C(=O)OCc1ccccc1)c1ccc2[nH]ccc2c1.O=C(OCc1ccccc1)N1CCC[C@H]1c1nnc(-c2ccc3[nH]ccc3c2)o1. The van der Waals surface area contributed by atoms with E-state index in [1.165, 1.54) is 4.90 Å². The number of likely N-dealkylation sites (tertiary alicyclic amines) is 2. The minimum atomic E-state index is -0.569. The number of rotatable bonds is 10. The Morgan fingerprint density at radius 3 is 2.00 bits per heavy atom. The van der Waals surface area contributed by atoms with Gasteiger partial charge >= 0.3 is 12.2 Å². The van der Waals surface area contributed by atoms with E-state index in [9.17, 15) is 19.2 Å². The number of fused-ring (bicyclic) bond motifs is 2. The third-order valence-corrected chi connectivity index (χ3v) is 10.5. The van der Waals surface area contributed by atoms with Crippen LogP contribution < -0.4 is 5.32 Å². The van der Waals surface area contributed by atoms with Crippen LogP contribution in [0.1, 0.15) is 59.1 Å². The number of nitrogens with zero attached hydrogens (tertiary/aromatic N) is 4. The standard InChI is InChI=1S/C23H23N3O4.C22H20N4O3/c27-21(14-25-22(28)18-8-9-19-17(13-18)10-11-24-19)20-7-4-12-26(20)23(29)30-15-16-5-2-1-3-6-16;27-22(28-14-15-5-2-1-3-6-15)26-12-4-7-19(26)21-25-24-20(29-21)17-8-9-18-16(13-17)10-11-23-18/h1-3,5-6,8-11,13,20,24H,4,7,12,14-15H2,(H,25,28);1-3,5-6,8-11,13,19,23H,4,7,12,14H2/t20-;19-/m00/s1. The number of amides is 3. The van der Waals surface area contributed by atoms with Crippen LogP contribution in [0.2, 0.25) is 0 Å². The number of carbonyl (C=O) groups excluding carboxylic acids is 4. The number of benzene rings is 4. The van der Waals surface area contributed by atoms with Gasteiger partial charge in [0.25, 0.3) is 5.91 Å². The van der Waals surface area contributed by atoms with Gasteiger partial charge < -0.3 is 29.2 Å². The summed E-state index contributed by atoms with van der Waals surface area (Å²) in [4.78, 5) is 59.5. The lowest BCUT2D eigenvalue weighted by Gasteiger charge is -2.23. The van der Waals surface area contributed by atoms with Crippen molar-refractivity contribution in [1.29, 1.82) is 0 Å². The predicted octanol–water partition coefficient (Wildman–Crippen LogP) is 7.96. The largest absolute Gasteiger partial charge is 0.445 e. The van der Waals surface area contributed by atoms with Crippen molar-refractivity contribution in [2.75, 3.05) is 19.6 Å². The number of carbonyl (C=O) groups is 4. The first-order valence-corrected chi connectivity index (χ1v) is 19.6. The number of Topliss-reactive ketones (excluding diaryl/α,β-unsaturated/α-hetero) is 1. The highest BCUT2D eigenvalue weighted by Crippen LogP contribution is 2.34. The van der Waals surface area contributed by atoms with Crippen LogP contribution in [-0.2, 0) is 27.5 Å². The van der Waals surface area contributed by atoms with Crippen molar-refractivity contribution in [1.82, 2.24) is 35.3 Å². The highest BCUT2D eigenvalue weighted by Gasteiger charge is 2.36. The maximum Gasteiger partial charge on any atom is 0.410 e. The molecule has 14 heteroatoms. The normalized spacial score (nSPS) is 16.1. The second-order valence-corrected chi connectivity index (χ2v) is 14.4. The molecule has 7 aromatic rings. The van der Waals surface area contributed by atoms with Crippen molar-refractivity contribution in [3.05, 3.63) is 144 Å². The lowest BCUT2D eigenvalue weighted by atomic mass is 10.1. The Morgan fingerprint density at radius 2 is 1.31 bits per heavy atom. The van der Waals surface area contributed by atoms with Crippen LogP contribution >= 0.6 is 0 Å². The molecule has 0 saturated carbocycles. The van der Waals surface area contributed by atoms with Crippen LogP contribution in [0.25, 0.3) is 33.3 Å². The molecule has 2 saturated heterocycles. The zero-order valence-corrected chi connectivity index (χ0v) is 32.2. The zero-order chi connectivity index (χ0) is 40.6. The van der Waals surface area contributed by atoms with E-state index in [2.05, 4.69) is 25.5 Å². The first-order valence-electron chi connectivity index (χ1n) is 19.6. The van der Waals surface area contributed by atoms with Crippen molar-refractivity contribution < 1.29 is 33.1 Å². The van der Waals surface area contributed by atoms with Crippen molar-refractivity contribution in [2.45, 2.75) is 51.0 Å². The topological polar surface area (TPSA) is 176 Å². The summed E-state index contributed by atoms with van der Waals surface area (Å²) < 4.78 is 16.8. The van der Waals surface area contributed by atoms with Crippen LogP contribution in [0.3, 0.4) is 0 Å². The molecule has 2 fully saturated rings. The predicted molar refractivity (Wildman–Crippen MR) is 219 cm³/mol. The minimum absolute atomic E-state index is 0.128. The van der Waals surface area contributed by atoms with Gasteiger partial charge in [-0.15, -0.1) is 10.2 Å². The van der Waals surface area contributed by atoms with Gasteiger partial charge in [-0.05, 0) is 85.3 Å². The Morgan fingerprint density at radius 1 is 0.695 bits per heavy atom. The second kappa shape index (κ2) is 17.9. The van der Waals surface area contributed by atoms with Gasteiger partial charge in [0.15, 0.2) is 5.78 Å². The zero-order valence-electron chi connectivity index (χ0n) is 32.2. The summed E-state index contributed by atoms with van der Waals surface area (Å²) in [5, 5.41) is 13.1. The molecule has 0 spiro atoms. The Labute approximate surface area is 339 Å². The maximum absolute atomic E-state index is 12.7. The van der Waals surface area contributed by atoms with E-state index in [0.29, 0.717) is 36.9 Å². The number of nitrogens with one attached hydrogen (secondary N) is 3. The highest BCUT2D eigenvalue weighted by molar-refractivity contribution is 6.00. The summed E-state index contributed by atoms with van der Waals surface area (Å²) in [6.45, 7) is 1.37. The second-order valence-electron chi connectivity index (χ2n) is 14.4. The summed E-state index contributed by atoms with van der Waals surface area (Å²) >= 11 is 0. The fourth-order valence-corrected chi connectivity index (χ4v) is 7.42. The van der Waals surface area contributed by atoms with E-state index in [1.54, 1.807) is 23.2 Å². The van der Waals surface area contributed by atoms with E-state index in [0.717, 1.165) is 57.8 Å². The molecule has 0 radical (unpaired) electrons. The fraction of sp³-hybridized carbons (Fsp3) is 0.244. The van der Waals surface area contributed by atoms with Crippen LogP contribution in [-0.4, -0.2) is 79.5 Å². The lowest BCUT2D eigenvalue weighted by molar-refractivity contribution is -0.122. The number of aromatic amines is 2. The lowest BCUT2D eigenvalue weighted by Crippen LogP contribution is -2.45. The number of hydrogen-bond acceptors (Lipinski definition) is 9. The Balaban J connectivity index is 0.000000164. The van der Waals surface area contributed by atoms with Crippen LogP contribution in [0.15, 0.2) is 126 Å². The highest BCUT2D eigenvalue weighted by atomic mass is 16.6. The Kier molecular flexibility index (Phi) is 11.7. The van der Waals surface area contributed by atoms with Gasteiger partial charge in [0.2, 0.25) is 11.8 Å². The van der Waals surface area contributed by atoms with E-state index in [1.807, 2.05) is 103 Å². The number of hydrogen-bond donors (Lipinski definition) is 3. The van der Waals surface area contributed by atoms with Crippen molar-refractivity contribution >= 4 is 45.7 Å². The summed E-state index contributed by atoms with van der Waals surface area (Å²) in [5.41, 5.74) is 5.18. The summed E-state index contributed by atoms with van der Waals surface area (Å²) in [6.07, 6.45) is 5.80. The molecule has 300 valence electrons. The fourth-order valence-electron chi connectivity index (χ4n) is 7.42. The van der Waals surface area contributed by atoms with Gasteiger partial charge in [-0.25, -0.2) is 9.59 Å². The van der Waals surface area contributed by atoms with Gasteiger partial charge in [-0.3, -0.25) is 19.4 Å². The van der Waals surface area contributed by atoms with Crippen molar-refractivity contribution in [2.24, 2.45) is 0 Å². The average molecular weight is 794 g/mol. The third kappa shape index (κ3) is 9.17. The van der Waals surface area contributed by atoms with E-state index < -0.39 is 12.1 Å². The molecule has 3 amide bonds. The minimum Gasteiger partial charge on any atom is -0.445 e. The summed E-state index contributed by atoms with van der Waals surface area (Å²) in [5.74, 6) is 0.388. The smallest absolute Gasteiger partial charge is 0.410 e. The molecule has 9 rings (SSSR count). The van der Waals surface area contributed by atoms with Gasteiger partial charge in [0, 0.05) is 58.4 Å². The monoisotopic (exact) mass is 793 g/mol.